The minimum Gasteiger partial charge on any atom is -0.761 e. The normalized spacial score (nSPS) is 10.8. The molecule has 2 N–H and O–H groups in total. The van der Waals surface area contributed by atoms with Crippen LogP contribution in [0.2, 0.25) is 0 Å². The standard InChI is InChI=1S/C20H14N3O3/c24-20(25)14-7-11-16(12-8-14)23-18-4-2-1-3-17(18)19(21-23)13-5-9-15(22-26)10-6-13/h1-12,22H,(H,24,25)/q-1. The van der Waals surface area contributed by atoms with Gasteiger partial charge < -0.3 is 15.8 Å². The van der Waals surface area contributed by atoms with E-state index in [-0.39, 0.29) is 5.56 Å². The van der Waals surface area contributed by atoms with Gasteiger partial charge in [-0.1, -0.05) is 30.3 Å². The minimum atomic E-state index is -0.963. The Balaban J connectivity index is 1.87. The molecule has 0 saturated carbocycles. The smallest absolute Gasteiger partial charge is 0.335 e. The van der Waals surface area contributed by atoms with Gasteiger partial charge in [-0.3, -0.25) is 0 Å². The van der Waals surface area contributed by atoms with Gasteiger partial charge in [-0.2, -0.15) is 5.10 Å². The lowest BCUT2D eigenvalue weighted by molar-refractivity contribution is 0.0697. The highest BCUT2D eigenvalue weighted by molar-refractivity contribution is 5.94. The third-order valence-electron chi connectivity index (χ3n) is 4.22. The Morgan fingerprint density at radius 3 is 2.31 bits per heavy atom. The van der Waals surface area contributed by atoms with Crippen molar-refractivity contribution in [1.82, 2.24) is 9.78 Å². The molecule has 0 aliphatic heterocycles. The van der Waals surface area contributed by atoms with Crippen LogP contribution in [0.1, 0.15) is 10.4 Å². The number of para-hydroxylation sites is 1. The second kappa shape index (κ2) is 6.34. The highest BCUT2D eigenvalue weighted by Gasteiger charge is 2.13. The third kappa shape index (κ3) is 2.68. The number of aromatic carboxylic acids is 1. The number of carboxylic acid groups (broad SMARTS) is 1. The number of aromatic nitrogens is 2. The van der Waals surface area contributed by atoms with Gasteiger partial charge in [0, 0.05) is 16.6 Å². The van der Waals surface area contributed by atoms with Gasteiger partial charge in [0.15, 0.2) is 0 Å². The molecule has 0 radical (unpaired) electrons. The molecule has 6 nitrogen and oxygen atoms in total. The molecule has 3 aromatic carbocycles. The first-order valence-electron chi connectivity index (χ1n) is 7.97. The van der Waals surface area contributed by atoms with Crippen molar-refractivity contribution in [2.24, 2.45) is 0 Å². The van der Waals surface area contributed by atoms with Crippen LogP contribution in [0.25, 0.3) is 27.8 Å². The van der Waals surface area contributed by atoms with Gasteiger partial charge in [-0.05, 0) is 42.5 Å². The Morgan fingerprint density at radius 2 is 1.65 bits per heavy atom. The van der Waals surface area contributed by atoms with Gasteiger partial charge in [-0.25, -0.2) is 9.48 Å². The Kier molecular flexibility index (Phi) is 3.87. The van der Waals surface area contributed by atoms with Crippen molar-refractivity contribution in [3.63, 3.8) is 0 Å². The highest BCUT2D eigenvalue weighted by Crippen LogP contribution is 2.30. The average Bonchev–Trinajstić information content (AvgIpc) is 3.08. The zero-order chi connectivity index (χ0) is 18.1. The Hall–Kier alpha value is -3.64. The maximum absolute atomic E-state index is 11.1. The van der Waals surface area contributed by atoms with E-state index in [2.05, 4.69) is 0 Å². The maximum Gasteiger partial charge on any atom is 0.335 e. The molecule has 0 unspecified atom stereocenters. The summed E-state index contributed by atoms with van der Waals surface area (Å²) >= 11 is 0. The van der Waals surface area contributed by atoms with Crippen molar-refractivity contribution in [2.75, 3.05) is 5.48 Å². The zero-order valence-corrected chi connectivity index (χ0v) is 13.6. The van der Waals surface area contributed by atoms with Crippen molar-refractivity contribution in [3.05, 3.63) is 83.6 Å². The lowest BCUT2D eigenvalue weighted by Crippen LogP contribution is -1.99. The second-order valence-corrected chi connectivity index (χ2v) is 5.81. The van der Waals surface area contributed by atoms with Crippen molar-refractivity contribution in [1.29, 1.82) is 0 Å². The molecule has 26 heavy (non-hydrogen) atoms. The molecular formula is C20H14N3O3-. The van der Waals surface area contributed by atoms with Gasteiger partial charge in [0.1, 0.15) is 5.69 Å². The summed E-state index contributed by atoms with van der Waals surface area (Å²) in [7, 11) is 0. The number of hydrogen-bond acceptors (Lipinski definition) is 4. The van der Waals surface area contributed by atoms with Crippen LogP contribution in [-0.2, 0) is 0 Å². The summed E-state index contributed by atoms with van der Waals surface area (Å²) in [6.07, 6.45) is 0. The lowest BCUT2D eigenvalue weighted by Gasteiger charge is -2.08. The fourth-order valence-electron chi connectivity index (χ4n) is 2.92. The van der Waals surface area contributed by atoms with Crippen LogP contribution in [0.15, 0.2) is 72.8 Å². The Morgan fingerprint density at radius 1 is 0.962 bits per heavy atom. The summed E-state index contributed by atoms with van der Waals surface area (Å²) in [5, 5.41) is 25.5. The van der Waals surface area contributed by atoms with E-state index >= 15 is 0 Å². The van der Waals surface area contributed by atoms with Crippen molar-refractivity contribution in [2.45, 2.75) is 0 Å². The molecule has 1 heterocycles. The summed E-state index contributed by atoms with van der Waals surface area (Å²) in [5.74, 6) is -0.963. The number of rotatable bonds is 4. The van der Waals surface area contributed by atoms with Crippen LogP contribution in [0.3, 0.4) is 0 Å². The van der Waals surface area contributed by atoms with E-state index in [4.69, 9.17) is 10.2 Å². The second-order valence-electron chi connectivity index (χ2n) is 5.81. The molecule has 0 aliphatic rings. The molecule has 0 spiro atoms. The summed E-state index contributed by atoms with van der Waals surface area (Å²) in [6, 6.07) is 21.5. The fraction of sp³-hybridized carbons (Fsp3) is 0. The van der Waals surface area contributed by atoms with E-state index in [1.807, 2.05) is 41.9 Å². The molecule has 0 saturated heterocycles. The van der Waals surface area contributed by atoms with Gasteiger partial charge in [-0.15, -0.1) is 0 Å². The first-order chi connectivity index (χ1) is 12.7. The van der Waals surface area contributed by atoms with Crippen molar-refractivity contribution < 1.29 is 9.90 Å². The van der Waals surface area contributed by atoms with Gasteiger partial charge in [0.2, 0.25) is 0 Å². The summed E-state index contributed by atoms with van der Waals surface area (Å²) in [4.78, 5) is 11.1. The topological polar surface area (TPSA) is 90.2 Å². The predicted molar refractivity (Wildman–Crippen MR) is 100 cm³/mol. The molecule has 1 aromatic heterocycles. The SMILES string of the molecule is O=C(O)c1ccc(-n2nc(-c3ccc(N[O-])cc3)c3ccccc32)cc1. The molecule has 0 atom stereocenters. The number of hydrogen-bond donors (Lipinski definition) is 2. The molecule has 0 amide bonds. The number of nitrogens with one attached hydrogen (secondary N) is 1. The average molecular weight is 344 g/mol. The van der Waals surface area contributed by atoms with Gasteiger partial charge >= 0.3 is 5.97 Å². The monoisotopic (exact) mass is 344 g/mol. The van der Waals surface area contributed by atoms with Crippen molar-refractivity contribution >= 4 is 22.6 Å². The fourth-order valence-corrected chi connectivity index (χ4v) is 2.92. The van der Waals surface area contributed by atoms with Gasteiger partial charge in [0.25, 0.3) is 0 Å². The van der Waals surface area contributed by atoms with Crippen LogP contribution in [0.4, 0.5) is 5.69 Å². The molecule has 4 aromatic rings. The Bertz CT molecular complexity index is 1080. The maximum atomic E-state index is 11.1. The lowest BCUT2D eigenvalue weighted by atomic mass is 10.1. The van der Waals surface area contributed by atoms with E-state index in [0.717, 1.165) is 27.8 Å². The minimum absolute atomic E-state index is 0.228. The quantitative estimate of drug-likeness (QED) is 0.539. The molecule has 6 heteroatoms. The molecule has 0 fully saturated rings. The number of carbonyl (C=O) groups is 1. The molecule has 0 bridgehead atoms. The van der Waals surface area contributed by atoms with E-state index in [1.54, 1.807) is 41.1 Å². The molecule has 128 valence electrons. The molecular weight excluding hydrogens is 330 g/mol. The van der Waals surface area contributed by atoms with E-state index in [9.17, 15) is 10.0 Å². The highest BCUT2D eigenvalue weighted by atomic mass is 16.5. The van der Waals surface area contributed by atoms with Gasteiger partial charge in [0.05, 0.1) is 16.8 Å². The molecule has 4 rings (SSSR count). The number of nitrogens with zero attached hydrogens (tertiary/aromatic N) is 2. The number of carboxylic acids is 1. The molecule has 0 aliphatic carbocycles. The van der Waals surface area contributed by atoms with Crippen LogP contribution in [0, 0.1) is 5.21 Å². The zero-order valence-electron chi connectivity index (χ0n) is 13.6. The number of benzene rings is 3. The Labute approximate surface area is 148 Å². The largest absolute Gasteiger partial charge is 0.761 e. The number of anilines is 1. The first kappa shape index (κ1) is 15.9. The van der Waals surface area contributed by atoms with Crippen molar-refractivity contribution in [3.8, 4) is 16.9 Å². The summed E-state index contributed by atoms with van der Waals surface area (Å²) in [6.45, 7) is 0. The predicted octanol–water partition coefficient (Wildman–Crippen LogP) is 4.30. The van der Waals surface area contributed by atoms with E-state index in [1.165, 1.54) is 0 Å². The number of fused-ring (bicyclic) bond motifs is 1. The first-order valence-corrected chi connectivity index (χ1v) is 7.97. The van der Waals surface area contributed by atoms with Crippen LogP contribution in [0.5, 0.6) is 0 Å². The summed E-state index contributed by atoms with van der Waals surface area (Å²) in [5.41, 5.74) is 5.95. The van der Waals surface area contributed by atoms with E-state index < -0.39 is 5.97 Å². The van der Waals surface area contributed by atoms with Crippen LogP contribution in [-0.4, -0.2) is 20.9 Å². The third-order valence-corrected chi connectivity index (χ3v) is 4.22. The van der Waals surface area contributed by atoms with Crippen LogP contribution < -0.4 is 5.48 Å². The van der Waals surface area contributed by atoms with Crippen LogP contribution >= 0.6 is 0 Å². The van der Waals surface area contributed by atoms with E-state index in [0.29, 0.717) is 5.69 Å². The summed E-state index contributed by atoms with van der Waals surface area (Å²) < 4.78 is 1.79.